The van der Waals surface area contributed by atoms with Gasteiger partial charge in [0.05, 0.1) is 6.10 Å². The molecule has 2 N–H and O–H groups in total. The van der Waals surface area contributed by atoms with Crippen molar-refractivity contribution in [2.45, 2.75) is 32.8 Å². The number of hydrogen-bond donors (Lipinski definition) is 2. The fraction of sp³-hybridized carbons (Fsp3) is 0.611. The number of hydrogen-bond acceptors (Lipinski definition) is 3. The highest BCUT2D eigenvalue weighted by Crippen LogP contribution is 2.21. The van der Waals surface area contributed by atoms with Crippen LogP contribution in [0.2, 0.25) is 0 Å². The van der Waals surface area contributed by atoms with Gasteiger partial charge in [-0.2, -0.15) is 0 Å². The van der Waals surface area contributed by atoms with Crippen LogP contribution in [-0.2, 0) is 4.79 Å². The van der Waals surface area contributed by atoms with Gasteiger partial charge in [0.15, 0.2) is 11.6 Å². The molecule has 6 heteroatoms. The highest BCUT2D eigenvalue weighted by molar-refractivity contribution is 5.77. The number of aliphatic hydroxyl groups excluding tert-OH is 1. The molecule has 1 fully saturated rings. The molecule has 4 nitrogen and oxygen atoms in total. The molecule has 0 saturated carbocycles. The van der Waals surface area contributed by atoms with Crippen LogP contribution in [0.4, 0.5) is 8.78 Å². The minimum atomic E-state index is -0.945. The number of halogens is 2. The Hall–Kier alpha value is -1.53. The van der Waals surface area contributed by atoms with Crippen LogP contribution in [0.15, 0.2) is 18.2 Å². The van der Waals surface area contributed by atoms with Crippen molar-refractivity contribution in [3.63, 3.8) is 0 Å². The van der Waals surface area contributed by atoms with Gasteiger partial charge < -0.3 is 15.3 Å². The zero-order chi connectivity index (χ0) is 17.7. The van der Waals surface area contributed by atoms with Crippen LogP contribution in [0.25, 0.3) is 0 Å². The van der Waals surface area contributed by atoms with E-state index in [9.17, 15) is 18.7 Å². The molecule has 1 amide bonds. The van der Waals surface area contributed by atoms with Crippen LogP contribution in [-0.4, -0.2) is 42.1 Å². The molecule has 1 aromatic carbocycles. The maximum Gasteiger partial charge on any atom is 0.222 e. The average Bonchev–Trinajstić information content (AvgIpc) is 2.55. The van der Waals surface area contributed by atoms with Crippen molar-refractivity contribution in [2.75, 3.05) is 26.2 Å². The van der Waals surface area contributed by atoms with Crippen molar-refractivity contribution >= 4 is 5.91 Å². The fourth-order valence-corrected chi connectivity index (χ4v) is 3.00. The monoisotopic (exact) mass is 340 g/mol. The van der Waals surface area contributed by atoms with Crippen LogP contribution >= 0.6 is 0 Å². The summed E-state index contributed by atoms with van der Waals surface area (Å²) >= 11 is 0. The van der Waals surface area contributed by atoms with Crippen molar-refractivity contribution in [2.24, 2.45) is 11.8 Å². The molecule has 0 aromatic heterocycles. The first-order valence-corrected chi connectivity index (χ1v) is 8.50. The third-order valence-electron chi connectivity index (χ3n) is 4.45. The van der Waals surface area contributed by atoms with E-state index in [1.54, 1.807) is 0 Å². The van der Waals surface area contributed by atoms with E-state index >= 15 is 0 Å². The summed E-state index contributed by atoms with van der Waals surface area (Å²) in [7, 11) is 0. The summed E-state index contributed by atoms with van der Waals surface area (Å²) in [6, 6.07) is 3.49. The predicted octanol–water partition coefficient (Wildman–Crippen LogP) is 2.48. The summed E-state index contributed by atoms with van der Waals surface area (Å²) in [5.41, 5.74) is 0.379. The number of β-amino-alcohol motifs (C(OH)–C–C–N with tert-alkyl or cyclic N) is 1. The SMILES string of the molecule is CC(C)C(=O)NCC1CCCN(CC(O)c2ccc(F)c(F)c2)C1. The summed E-state index contributed by atoms with van der Waals surface area (Å²) in [5, 5.41) is 13.2. The van der Waals surface area contributed by atoms with Crippen molar-refractivity contribution in [3.8, 4) is 0 Å². The van der Waals surface area contributed by atoms with E-state index in [1.807, 2.05) is 13.8 Å². The normalized spacial score (nSPS) is 20.2. The van der Waals surface area contributed by atoms with Gasteiger partial charge >= 0.3 is 0 Å². The van der Waals surface area contributed by atoms with E-state index in [2.05, 4.69) is 10.2 Å². The maximum atomic E-state index is 13.3. The largest absolute Gasteiger partial charge is 0.387 e. The topological polar surface area (TPSA) is 52.6 Å². The van der Waals surface area contributed by atoms with Crippen molar-refractivity contribution < 1.29 is 18.7 Å². The Balaban J connectivity index is 1.85. The number of nitrogens with one attached hydrogen (secondary N) is 1. The second-order valence-electron chi connectivity index (χ2n) is 6.86. The van der Waals surface area contributed by atoms with E-state index in [0.29, 0.717) is 24.6 Å². The number of nitrogens with zero attached hydrogens (tertiary/aromatic N) is 1. The third-order valence-corrected chi connectivity index (χ3v) is 4.45. The molecule has 1 aliphatic rings. The van der Waals surface area contributed by atoms with E-state index in [0.717, 1.165) is 38.1 Å². The number of aliphatic hydroxyl groups is 1. The summed E-state index contributed by atoms with van der Waals surface area (Å²) < 4.78 is 26.3. The smallest absolute Gasteiger partial charge is 0.222 e. The van der Waals surface area contributed by atoms with Crippen molar-refractivity contribution in [1.82, 2.24) is 10.2 Å². The van der Waals surface area contributed by atoms with Gasteiger partial charge in [0.2, 0.25) is 5.91 Å². The van der Waals surface area contributed by atoms with Crippen molar-refractivity contribution in [1.29, 1.82) is 0 Å². The molecule has 1 aromatic rings. The highest BCUT2D eigenvalue weighted by Gasteiger charge is 2.23. The van der Waals surface area contributed by atoms with Crippen molar-refractivity contribution in [3.05, 3.63) is 35.4 Å². The first-order valence-electron chi connectivity index (χ1n) is 8.50. The molecular weight excluding hydrogens is 314 g/mol. The first kappa shape index (κ1) is 18.8. The Morgan fingerprint density at radius 2 is 2.12 bits per heavy atom. The van der Waals surface area contributed by atoms with Gasteiger partial charge in [-0.3, -0.25) is 4.79 Å². The molecule has 2 rings (SSSR count). The molecule has 0 aliphatic carbocycles. The molecule has 2 unspecified atom stereocenters. The second-order valence-corrected chi connectivity index (χ2v) is 6.86. The van der Waals surface area contributed by atoms with E-state index in [1.165, 1.54) is 6.07 Å². The maximum absolute atomic E-state index is 13.3. The molecule has 134 valence electrons. The lowest BCUT2D eigenvalue weighted by molar-refractivity contribution is -0.124. The van der Waals surface area contributed by atoms with Gasteiger partial charge in [-0.05, 0) is 43.0 Å². The lowest BCUT2D eigenvalue weighted by atomic mass is 9.97. The minimum Gasteiger partial charge on any atom is -0.387 e. The van der Waals surface area contributed by atoms with Gasteiger partial charge in [0.1, 0.15) is 0 Å². The van der Waals surface area contributed by atoms with Gasteiger partial charge in [0.25, 0.3) is 0 Å². The Kier molecular flexibility index (Phi) is 6.69. The molecule has 1 heterocycles. The molecule has 1 aliphatic heterocycles. The van der Waals surface area contributed by atoms with Crippen LogP contribution in [0, 0.1) is 23.5 Å². The molecule has 2 atom stereocenters. The number of benzene rings is 1. The molecule has 1 saturated heterocycles. The van der Waals surface area contributed by atoms with Crippen LogP contribution in [0.3, 0.4) is 0 Å². The quantitative estimate of drug-likeness (QED) is 0.836. The zero-order valence-electron chi connectivity index (χ0n) is 14.3. The van der Waals surface area contributed by atoms with Gasteiger partial charge in [-0.1, -0.05) is 19.9 Å². The van der Waals surface area contributed by atoms with E-state index < -0.39 is 17.7 Å². The number of rotatable bonds is 6. The Bertz CT molecular complexity index is 566. The molecular formula is C18H26F2N2O2. The number of carbonyl (C=O) groups is 1. The standard InChI is InChI=1S/C18H26F2N2O2/c1-12(2)18(24)21-9-13-4-3-7-22(10-13)11-17(23)14-5-6-15(19)16(20)8-14/h5-6,8,12-13,17,23H,3-4,7,9-11H2,1-2H3,(H,21,24). The zero-order valence-corrected chi connectivity index (χ0v) is 14.3. The highest BCUT2D eigenvalue weighted by atomic mass is 19.2. The molecule has 24 heavy (non-hydrogen) atoms. The number of likely N-dealkylation sites (tertiary alicyclic amines) is 1. The number of carbonyl (C=O) groups excluding carboxylic acids is 1. The molecule has 0 spiro atoms. The summed E-state index contributed by atoms with van der Waals surface area (Å²) in [6.07, 6.45) is 1.17. The van der Waals surface area contributed by atoms with Crippen LogP contribution < -0.4 is 5.32 Å². The predicted molar refractivity (Wildman–Crippen MR) is 88.3 cm³/mol. The number of piperidine rings is 1. The lowest BCUT2D eigenvalue weighted by Gasteiger charge is -2.34. The van der Waals surface area contributed by atoms with Crippen LogP contribution in [0.5, 0.6) is 0 Å². The summed E-state index contributed by atoms with van der Waals surface area (Å²) in [5.74, 6) is -1.49. The Morgan fingerprint density at radius 3 is 2.79 bits per heavy atom. The molecule has 0 bridgehead atoms. The summed E-state index contributed by atoms with van der Waals surface area (Å²) in [4.78, 5) is 13.8. The van der Waals surface area contributed by atoms with Crippen LogP contribution in [0.1, 0.15) is 38.4 Å². The fourth-order valence-electron chi connectivity index (χ4n) is 3.00. The van der Waals surface area contributed by atoms with Gasteiger partial charge in [-0.15, -0.1) is 0 Å². The number of amides is 1. The Morgan fingerprint density at radius 1 is 1.38 bits per heavy atom. The van der Waals surface area contributed by atoms with Gasteiger partial charge in [-0.25, -0.2) is 8.78 Å². The van der Waals surface area contributed by atoms with E-state index in [4.69, 9.17) is 0 Å². The Labute approximate surface area is 141 Å². The molecule has 0 radical (unpaired) electrons. The third kappa shape index (κ3) is 5.24. The van der Waals surface area contributed by atoms with E-state index in [-0.39, 0.29) is 11.8 Å². The average molecular weight is 340 g/mol. The summed E-state index contributed by atoms with van der Waals surface area (Å²) in [6.45, 7) is 6.37. The first-order chi connectivity index (χ1) is 11.4. The lowest BCUT2D eigenvalue weighted by Crippen LogP contribution is -2.43. The second kappa shape index (κ2) is 8.53. The minimum absolute atomic E-state index is 0.0279. The van der Waals surface area contributed by atoms with Gasteiger partial charge in [0, 0.05) is 25.6 Å².